The number of pyridine rings is 1. The lowest BCUT2D eigenvalue weighted by atomic mass is 9.80. The zero-order valence-corrected chi connectivity index (χ0v) is 10.7. The van der Waals surface area contributed by atoms with Gasteiger partial charge in [0.25, 0.3) is 0 Å². The summed E-state index contributed by atoms with van der Waals surface area (Å²) in [6.45, 7) is 4.67. The van der Waals surface area contributed by atoms with Gasteiger partial charge in [-0.3, -0.25) is 0 Å². The van der Waals surface area contributed by atoms with Gasteiger partial charge in [-0.05, 0) is 43.2 Å². The van der Waals surface area contributed by atoms with Crippen LogP contribution in [-0.2, 0) is 0 Å². The maximum atomic E-state index is 5.76. The highest BCUT2D eigenvalue weighted by atomic mass is 35.5. The predicted molar refractivity (Wildman–Crippen MR) is 68.8 cm³/mol. The van der Waals surface area contributed by atoms with E-state index in [1.165, 1.54) is 19.3 Å². The zero-order chi connectivity index (χ0) is 11.5. The molecule has 3 unspecified atom stereocenters. The van der Waals surface area contributed by atoms with Gasteiger partial charge in [-0.1, -0.05) is 25.4 Å². The highest BCUT2D eigenvalue weighted by Gasteiger charge is 2.24. The van der Waals surface area contributed by atoms with Crippen molar-refractivity contribution >= 4 is 17.3 Å². The van der Waals surface area contributed by atoms with Crippen molar-refractivity contribution in [3.63, 3.8) is 0 Å². The second-order valence-corrected chi connectivity index (χ2v) is 5.40. The van der Waals surface area contributed by atoms with Crippen LogP contribution in [-0.4, -0.2) is 11.0 Å². The number of nitrogens with zero attached hydrogens (tertiary/aromatic N) is 1. The molecule has 2 rings (SSSR count). The monoisotopic (exact) mass is 238 g/mol. The predicted octanol–water partition coefficient (Wildman–Crippen LogP) is 3.97. The highest BCUT2D eigenvalue weighted by Crippen LogP contribution is 2.30. The van der Waals surface area contributed by atoms with E-state index in [0.717, 1.165) is 17.5 Å². The Bertz CT molecular complexity index is 336. The summed E-state index contributed by atoms with van der Waals surface area (Å²) in [5.41, 5.74) is 1.08. The van der Waals surface area contributed by atoms with Gasteiger partial charge in [-0.15, -0.1) is 0 Å². The van der Waals surface area contributed by atoms with Crippen LogP contribution in [0.1, 0.15) is 33.1 Å². The third-order valence-corrected chi connectivity index (χ3v) is 3.73. The fraction of sp³-hybridized carbons (Fsp3) is 0.615. The Morgan fingerprint density at radius 2 is 2.12 bits per heavy atom. The molecule has 1 N–H and O–H groups in total. The van der Waals surface area contributed by atoms with Gasteiger partial charge in [0.15, 0.2) is 0 Å². The molecule has 0 amide bonds. The number of hydrogen-bond donors (Lipinski definition) is 1. The molecule has 1 aromatic heterocycles. The third kappa shape index (κ3) is 2.88. The van der Waals surface area contributed by atoms with Gasteiger partial charge < -0.3 is 5.32 Å². The SMILES string of the molecule is CC1CCC(Nc2ccc(Cl)nc2)C(C)C1. The van der Waals surface area contributed by atoms with Gasteiger partial charge in [-0.25, -0.2) is 4.98 Å². The van der Waals surface area contributed by atoms with Crippen molar-refractivity contribution in [2.75, 3.05) is 5.32 Å². The summed E-state index contributed by atoms with van der Waals surface area (Å²) in [7, 11) is 0. The summed E-state index contributed by atoms with van der Waals surface area (Å²) >= 11 is 5.76. The molecule has 0 aromatic carbocycles. The van der Waals surface area contributed by atoms with Crippen LogP contribution in [0.15, 0.2) is 18.3 Å². The second kappa shape index (κ2) is 5.05. The van der Waals surface area contributed by atoms with Crippen LogP contribution < -0.4 is 5.32 Å². The number of aromatic nitrogens is 1. The summed E-state index contributed by atoms with van der Waals surface area (Å²) in [4.78, 5) is 4.09. The first-order chi connectivity index (χ1) is 7.65. The van der Waals surface area contributed by atoms with Crippen LogP contribution in [0.5, 0.6) is 0 Å². The van der Waals surface area contributed by atoms with Gasteiger partial charge in [-0.2, -0.15) is 0 Å². The summed E-state index contributed by atoms with van der Waals surface area (Å²) in [6.07, 6.45) is 5.71. The first-order valence-electron chi connectivity index (χ1n) is 6.03. The maximum Gasteiger partial charge on any atom is 0.129 e. The highest BCUT2D eigenvalue weighted by molar-refractivity contribution is 6.29. The van der Waals surface area contributed by atoms with E-state index in [2.05, 4.69) is 24.1 Å². The topological polar surface area (TPSA) is 24.9 Å². The zero-order valence-electron chi connectivity index (χ0n) is 9.91. The summed E-state index contributed by atoms with van der Waals surface area (Å²) in [6, 6.07) is 4.42. The van der Waals surface area contributed by atoms with Crippen molar-refractivity contribution in [2.24, 2.45) is 11.8 Å². The lowest BCUT2D eigenvalue weighted by molar-refractivity contribution is 0.276. The van der Waals surface area contributed by atoms with E-state index in [9.17, 15) is 0 Å². The first-order valence-corrected chi connectivity index (χ1v) is 6.41. The summed E-state index contributed by atoms with van der Waals surface area (Å²) < 4.78 is 0. The van der Waals surface area contributed by atoms with Crippen molar-refractivity contribution in [3.05, 3.63) is 23.5 Å². The molecule has 1 fully saturated rings. The molecular weight excluding hydrogens is 220 g/mol. The molecule has 1 aliphatic carbocycles. The second-order valence-electron chi connectivity index (χ2n) is 5.02. The van der Waals surface area contributed by atoms with E-state index in [1.54, 1.807) is 0 Å². The van der Waals surface area contributed by atoms with Crippen molar-refractivity contribution in [1.29, 1.82) is 0 Å². The average molecular weight is 239 g/mol. The Kier molecular flexibility index (Phi) is 3.70. The largest absolute Gasteiger partial charge is 0.381 e. The van der Waals surface area contributed by atoms with Gasteiger partial charge in [0.05, 0.1) is 11.9 Å². The molecule has 0 bridgehead atoms. The van der Waals surface area contributed by atoms with Gasteiger partial charge in [0.2, 0.25) is 0 Å². The Morgan fingerprint density at radius 1 is 1.31 bits per heavy atom. The molecule has 3 atom stereocenters. The van der Waals surface area contributed by atoms with E-state index in [-0.39, 0.29) is 0 Å². The molecule has 1 aliphatic rings. The van der Waals surface area contributed by atoms with E-state index in [4.69, 9.17) is 11.6 Å². The lowest BCUT2D eigenvalue weighted by Crippen LogP contribution is -2.32. The van der Waals surface area contributed by atoms with Crippen LogP contribution >= 0.6 is 11.6 Å². The van der Waals surface area contributed by atoms with E-state index in [0.29, 0.717) is 11.2 Å². The molecule has 2 nitrogen and oxygen atoms in total. The smallest absolute Gasteiger partial charge is 0.129 e. The average Bonchev–Trinajstić information content (AvgIpc) is 2.25. The standard InChI is InChI=1S/C13H19ClN2/c1-9-3-5-12(10(2)7-9)16-11-4-6-13(14)15-8-11/h4,6,8-10,12,16H,3,5,7H2,1-2H3. The van der Waals surface area contributed by atoms with Gasteiger partial charge >= 0.3 is 0 Å². The minimum absolute atomic E-state index is 0.552. The molecule has 0 aliphatic heterocycles. The maximum absolute atomic E-state index is 5.76. The molecule has 16 heavy (non-hydrogen) atoms. The Hall–Kier alpha value is -0.760. The first kappa shape index (κ1) is 11.7. The number of rotatable bonds is 2. The van der Waals surface area contributed by atoms with Crippen LogP contribution in [0, 0.1) is 11.8 Å². The summed E-state index contributed by atoms with van der Waals surface area (Å²) in [5, 5.41) is 4.11. The fourth-order valence-corrected chi connectivity index (χ4v) is 2.67. The van der Waals surface area contributed by atoms with Crippen molar-refractivity contribution in [3.8, 4) is 0 Å². The van der Waals surface area contributed by atoms with E-state index in [1.807, 2.05) is 18.3 Å². The number of hydrogen-bond acceptors (Lipinski definition) is 2. The van der Waals surface area contributed by atoms with Crippen LogP contribution in [0.25, 0.3) is 0 Å². The van der Waals surface area contributed by atoms with Crippen LogP contribution in [0.2, 0.25) is 5.15 Å². The molecule has 0 spiro atoms. The van der Waals surface area contributed by atoms with Crippen LogP contribution in [0.4, 0.5) is 5.69 Å². The molecule has 88 valence electrons. The third-order valence-electron chi connectivity index (χ3n) is 3.51. The molecule has 3 heteroatoms. The van der Waals surface area contributed by atoms with Gasteiger partial charge in [0.1, 0.15) is 5.15 Å². The molecular formula is C13H19ClN2. The van der Waals surface area contributed by atoms with E-state index >= 15 is 0 Å². The molecule has 1 aromatic rings. The normalized spacial score (nSPS) is 30.1. The Balaban J connectivity index is 1.96. The Morgan fingerprint density at radius 3 is 2.75 bits per heavy atom. The lowest BCUT2D eigenvalue weighted by Gasteiger charge is -2.33. The van der Waals surface area contributed by atoms with Crippen molar-refractivity contribution in [2.45, 2.75) is 39.2 Å². The molecule has 1 heterocycles. The number of halogens is 1. The molecule has 0 radical (unpaired) electrons. The minimum atomic E-state index is 0.552. The van der Waals surface area contributed by atoms with E-state index < -0.39 is 0 Å². The van der Waals surface area contributed by atoms with Crippen LogP contribution in [0.3, 0.4) is 0 Å². The van der Waals surface area contributed by atoms with Crippen molar-refractivity contribution < 1.29 is 0 Å². The summed E-state index contributed by atoms with van der Waals surface area (Å²) in [5.74, 6) is 1.61. The number of nitrogens with one attached hydrogen (secondary N) is 1. The quantitative estimate of drug-likeness (QED) is 0.789. The minimum Gasteiger partial charge on any atom is -0.381 e. The Labute approximate surface area is 102 Å². The van der Waals surface area contributed by atoms with Gasteiger partial charge in [0, 0.05) is 6.04 Å². The van der Waals surface area contributed by atoms with Crippen molar-refractivity contribution in [1.82, 2.24) is 4.98 Å². The fourth-order valence-electron chi connectivity index (χ4n) is 2.56. The number of anilines is 1. The molecule has 0 saturated heterocycles. The molecule has 1 saturated carbocycles.